The first-order chi connectivity index (χ1) is 12.9. The number of carbonyl (C=O) groups excluding carboxylic acids is 1. The first kappa shape index (κ1) is 19.8. The molecule has 1 aliphatic rings. The molecule has 2 amide bonds. The summed E-state index contributed by atoms with van der Waals surface area (Å²) in [6.45, 7) is 6.61. The predicted octanol–water partition coefficient (Wildman–Crippen LogP) is 6.04. The molecule has 1 N–H and O–H groups in total. The molecule has 0 aromatic heterocycles. The Balaban J connectivity index is 1.71. The number of nitrogens with zero attached hydrogens (tertiary/aromatic N) is 2. The summed E-state index contributed by atoms with van der Waals surface area (Å²) in [5.41, 5.74) is 2.91. The molecule has 0 unspecified atom stereocenters. The summed E-state index contributed by atoms with van der Waals surface area (Å²) < 4.78 is 0. The van der Waals surface area contributed by atoms with Gasteiger partial charge < -0.3 is 15.1 Å². The minimum absolute atomic E-state index is 0.0428. The smallest absolute Gasteiger partial charge is 0.322 e. The number of halogens is 2. The third-order valence-electron chi connectivity index (χ3n) is 4.79. The molecule has 1 aliphatic heterocycles. The second-order valence-corrected chi connectivity index (χ2v) is 7.96. The number of benzene rings is 2. The summed E-state index contributed by atoms with van der Waals surface area (Å²) in [5.74, 6) is 0. The van der Waals surface area contributed by atoms with E-state index < -0.39 is 0 Å². The molecule has 2 aromatic carbocycles. The fourth-order valence-corrected chi connectivity index (χ4v) is 3.60. The number of hydrogen-bond donors (Lipinski definition) is 1. The fraction of sp³-hybridized carbons (Fsp3) is 0.381. The molecule has 0 spiro atoms. The standard InChI is InChI=1S/C21H25Cl2N3O/c1-15(2)26(14-16-8-9-19(22)20(23)12-16)21(27)24-17-6-5-7-18(13-17)25-10-3-4-11-25/h5-9,12-13,15H,3-4,10-11,14H2,1-2H3,(H,24,27). The van der Waals surface area contributed by atoms with Gasteiger partial charge in [-0.05, 0) is 62.6 Å². The predicted molar refractivity (Wildman–Crippen MR) is 114 cm³/mol. The highest BCUT2D eigenvalue weighted by Crippen LogP contribution is 2.25. The third-order valence-corrected chi connectivity index (χ3v) is 5.53. The number of nitrogens with one attached hydrogen (secondary N) is 1. The van der Waals surface area contributed by atoms with Crippen LogP contribution in [0.5, 0.6) is 0 Å². The summed E-state index contributed by atoms with van der Waals surface area (Å²) >= 11 is 12.1. The number of urea groups is 1. The normalized spacial score (nSPS) is 13.9. The highest BCUT2D eigenvalue weighted by Gasteiger charge is 2.19. The molecule has 4 nitrogen and oxygen atoms in total. The second kappa shape index (κ2) is 8.85. The first-order valence-electron chi connectivity index (χ1n) is 9.30. The minimum atomic E-state index is -0.130. The van der Waals surface area contributed by atoms with Crippen LogP contribution in [-0.2, 0) is 6.54 Å². The van der Waals surface area contributed by atoms with E-state index in [-0.39, 0.29) is 12.1 Å². The molecule has 3 rings (SSSR count). The molecule has 0 radical (unpaired) electrons. The molecule has 1 fully saturated rings. The van der Waals surface area contributed by atoms with Crippen molar-refractivity contribution in [1.82, 2.24) is 4.90 Å². The van der Waals surface area contributed by atoms with Gasteiger partial charge in [0.2, 0.25) is 0 Å². The minimum Gasteiger partial charge on any atom is -0.371 e. The van der Waals surface area contributed by atoms with Crippen molar-refractivity contribution in [2.24, 2.45) is 0 Å². The molecule has 0 bridgehead atoms. The van der Waals surface area contributed by atoms with E-state index >= 15 is 0 Å². The molecular weight excluding hydrogens is 381 g/mol. The van der Waals surface area contributed by atoms with Gasteiger partial charge in [0.15, 0.2) is 0 Å². The van der Waals surface area contributed by atoms with Crippen molar-refractivity contribution in [3.63, 3.8) is 0 Å². The summed E-state index contributed by atoms with van der Waals surface area (Å²) in [4.78, 5) is 17.0. The maximum Gasteiger partial charge on any atom is 0.322 e. The Labute approximate surface area is 171 Å². The molecule has 27 heavy (non-hydrogen) atoms. The molecule has 2 aromatic rings. The van der Waals surface area contributed by atoms with Crippen molar-refractivity contribution in [1.29, 1.82) is 0 Å². The van der Waals surface area contributed by atoms with Crippen LogP contribution < -0.4 is 10.2 Å². The SMILES string of the molecule is CC(C)N(Cc1ccc(Cl)c(Cl)c1)C(=O)Nc1cccc(N2CCCC2)c1. The van der Waals surface area contributed by atoms with Crippen LogP contribution in [-0.4, -0.2) is 30.1 Å². The Kier molecular flexibility index (Phi) is 6.51. The first-order valence-corrected chi connectivity index (χ1v) is 10.1. The van der Waals surface area contributed by atoms with E-state index in [1.54, 1.807) is 17.0 Å². The summed E-state index contributed by atoms with van der Waals surface area (Å²) in [6, 6.07) is 13.4. The third kappa shape index (κ3) is 5.08. The van der Waals surface area contributed by atoms with Crippen LogP contribution in [0.15, 0.2) is 42.5 Å². The lowest BCUT2D eigenvalue weighted by Crippen LogP contribution is -2.39. The Morgan fingerprint density at radius 2 is 1.85 bits per heavy atom. The van der Waals surface area contributed by atoms with E-state index in [1.165, 1.54) is 12.8 Å². The Bertz CT molecular complexity index is 804. The van der Waals surface area contributed by atoms with Crippen LogP contribution in [0.1, 0.15) is 32.3 Å². The van der Waals surface area contributed by atoms with Crippen molar-refractivity contribution < 1.29 is 4.79 Å². The summed E-state index contributed by atoms with van der Waals surface area (Å²) in [7, 11) is 0. The molecule has 0 atom stereocenters. The number of hydrogen-bond acceptors (Lipinski definition) is 2. The van der Waals surface area contributed by atoms with Gasteiger partial charge in [-0.3, -0.25) is 0 Å². The van der Waals surface area contributed by atoms with E-state index in [2.05, 4.69) is 16.3 Å². The molecular formula is C21H25Cl2N3O. The van der Waals surface area contributed by atoms with Gasteiger partial charge in [0.25, 0.3) is 0 Å². The van der Waals surface area contributed by atoms with Crippen molar-refractivity contribution in [3.8, 4) is 0 Å². The van der Waals surface area contributed by atoms with Crippen LogP contribution >= 0.6 is 23.2 Å². The maximum atomic E-state index is 12.9. The lowest BCUT2D eigenvalue weighted by atomic mass is 10.2. The Morgan fingerprint density at radius 3 is 2.52 bits per heavy atom. The molecule has 144 valence electrons. The summed E-state index contributed by atoms with van der Waals surface area (Å²) in [5, 5.41) is 4.05. The molecule has 1 saturated heterocycles. The number of amides is 2. The van der Waals surface area contributed by atoms with E-state index in [1.807, 2.05) is 38.1 Å². The molecule has 0 saturated carbocycles. The topological polar surface area (TPSA) is 35.6 Å². The highest BCUT2D eigenvalue weighted by atomic mass is 35.5. The second-order valence-electron chi connectivity index (χ2n) is 7.14. The Hall–Kier alpha value is -1.91. The van der Waals surface area contributed by atoms with Gasteiger partial charge >= 0.3 is 6.03 Å². The fourth-order valence-electron chi connectivity index (χ4n) is 3.27. The Morgan fingerprint density at radius 1 is 1.11 bits per heavy atom. The van der Waals surface area contributed by atoms with Crippen LogP contribution in [0.25, 0.3) is 0 Å². The van der Waals surface area contributed by atoms with Crippen molar-refractivity contribution in [2.75, 3.05) is 23.3 Å². The van der Waals surface area contributed by atoms with E-state index in [0.29, 0.717) is 16.6 Å². The monoisotopic (exact) mass is 405 g/mol. The van der Waals surface area contributed by atoms with E-state index in [0.717, 1.165) is 30.0 Å². The van der Waals surface area contributed by atoms with Gasteiger partial charge in [-0.2, -0.15) is 0 Å². The van der Waals surface area contributed by atoms with Crippen LogP contribution in [0.2, 0.25) is 10.0 Å². The zero-order chi connectivity index (χ0) is 19.4. The van der Waals surface area contributed by atoms with Gasteiger partial charge in [0.05, 0.1) is 10.0 Å². The number of anilines is 2. The van der Waals surface area contributed by atoms with Crippen LogP contribution in [0.4, 0.5) is 16.2 Å². The van der Waals surface area contributed by atoms with Gasteiger partial charge in [-0.1, -0.05) is 35.3 Å². The quantitative estimate of drug-likeness (QED) is 0.658. The van der Waals surface area contributed by atoms with Gasteiger partial charge in [-0.25, -0.2) is 4.79 Å². The average Bonchev–Trinajstić information content (AvgIpc) is 3.17. The van der Waals surface area contributed by atoms with E-state index in [4.69, 9.17) is 23.2 Å². The van der Waals surface area contributed by atoms with Gasteiger partial charge in [0, 0.05) is 37.1 Å². The zero-order valence-corrected chi connectivity index (χ0v) is 17.2. The molecule has 6 heteroatoms. The molecule has 0 aliphatic carbocycles. The number of rotatable bonds is 5. The van der Waals surface area contributed by atoms with E-state index in [9.17, 15) is 4.79 Å². The lowest BCUT2D eigenvalue weighted by molar-refractivity contribution is 0.193. The largest absolute Gasteiger partial charge is 0.371 e. The van der Waals surface area contributed by atoms with Crippen molar-refractivity contribution in [2.45, 2.75) is 39.3 Å². The highest BCUT2D eigenvalue weighted by molar-refractivity contribution is 6.42. The summed E-state index contributed by atoms with van der Waals surface area (Å²) in [6.07, 6.45) is 2.45. The van der Waals surface area contributed by atoms with Crippen molar-refractivity contribution in [3.05, 3.63) is 58.1 Å². The van der Waals surface area contributed by atoms with Crippen LogP contribution in [0.3, 0.4) is 0 Å². The van der Waals surface area contributed by atoms with Crippen LogP contribution in [0, 0.1) is 0 Å². The lowest BCUT2D eigenvalue weighted by Gasteiger charge is -2.27. The average molecular weight is 406 g/mol. The zero-order valence-electron chi connectivity index (χ0n) is 15.7. The molecule has 1 heterocycles. The maximum absolute atomic E-state index is 12.9. The van der Waals surface area contributed by atoms with Gasteiger partial charge in [-0.15, -0.1) is 0 Å². The van der Waals surface area contributed by atoms with Crippen molar-refractivity contribution >= 4 is 40.6 Å². The number of carbonyl (C=O) groups is 1. The van der Waals surface area contributed by atoms with Gasteiger partial charge in [0.1, 0.15) is 0 Å².